The summed E-state index contributed by atoms with van der Waals surface area (Å²) in [5, 5.41) is 16.2. The number of carbonyl (C=O) groups excluding carboxylic acids is 1. The first kappa shape index (κ1) is 24.9. The van der Waals surface area contributed by atoms with Gasteiger partial charge in [0.15, 0.2) is 0 Å². The third-order valence-corrected chi connectivity index (χ3v) is 6.67. The van der Waals surface area contributed by atoms with Crippen LogP contribution in [0, 0.1) is 0 Å². The third-order valence-electron chi connectivity index (χ3n) is 5.63. The van der Waals surface area contributed by atoms with Crippen molar-refractivity contribution in [3.8, 4) is 17.1 Å². The molecule has 7 nitrogen and oxygen atoms in total. The van der Waals surface area contributed by atoms with E-state index in [1.165, 1.54) is 28.4 Å². The summed E-state index contributed by atoms with van der Waals surface area (Å²) in [6.07, 6.45) is -2.15. The average molecular weight is 507 g/mol. The second-order valence-corrected chi connectivity index (χ2v) is 9.47. The summed E-state index contributed by atoms with van der Waals surface area (Å²) >= 11 is 1.35. The minimum Gasteiger partial charge on any atom is -0.475 e. The molecule has 186 valence electrons. The van der Waals surface area contributed by atoms with Crippen LogP contribution in [-0.4, -0.2) is 45.2 Å². The van der Waals surface area contributed by atoms with Gasteiger partial charge >= 0.3 is 12.2 Å². The zero-order valence-electron chi connectivity index (χ0n) is 19.2. The monoisotopic (exact) mass is 506 g/mol. The molecule has 1 aromatic carbocycles. The molecule has 1 aliphatic rings. The number of anilines is 1. The second-order valence-electron chi connectivity index (χ2n) is 8.61. The second kappa shape index (κ2) is 9.82. The number of nitrogens with one attached hydrogen (secondary N) is 1. The Morgan fingerprint density at radius 2 is 1.86 bits per heavy atom. The fourth-order valence-electron chi connectivity index (χ4n) is 3.70. The Morgan fingerprint density at radius 3 is 2.43 bits per heavy atom. The number of benzene rings is 1. The van der Waals surface area contributed by atoms with Crippen LogP contribution >= 0.6 is 11.3 Å². The van der Waals surface area contributed by atoms with Crippen molar-refractivity contribution in [3.05, 3.63) is 58.5 Å². The van der Waals surface area contributed by atoms with Crippen molar-refractivity contribution in [1.29, 1.82) is 0 Å². The first-order valence-electron chi connectivity index (χ1n) is 11.1. The van der Waals surface area contributed by atoms with Crippen LogP contribution in [-0.2, 0) is 11.8 Å². The largest absolute Gasteiger partial charge is 0.475 e. The molecule has 2 N–H and O–H groups in total. The van der Waals surface area contributed by atoms with E-state index in [-0.39, 0.29) is 24.9 Å². The van der Waals surface area contributed by atoms with Crippen LogP contribution in [0.2, 0.25) is 0 Å². The van der Waals surface area contributed by atoms with Gasteiger partial charge in [-0.3, -0.25) is 0 Å². The van der Waals surface area contributed by atoms with Gasteiger partial charge in [0.1, 0.15) is 10.6 Å². The number of rotatable bonds is 5. The zero-order chi connectivity index (χ0) is 25.2. The lowest BCUT2D eigenvalue weighted by Gasteiger charge is -2.36. The first-order chi connectivity index (χ1) is 16.5. The van der Waals surface area contributed by atoms with E-state index >= 15 is 0 Å². The molecule has 0 saturated carbocycles. The number of ether oxygens (including phenoxy) is 1. The Morgan fingerprint density at radius 1 is 1.17 bits per heavy atom. The number of halogens is 3. The fraction of sp³-hybridized carbons (Fsp3) is 0.375. The molecule has 3 heterocycles. The number of pyridine rings is 1. The van der Waals surface area contributed by atoms with Gasteiger partial charge in [-0.15, -0.1) is 11.3 Å². The number of urea groups is 1. The molecule has 1 aliphatic heterocycles. The summed E-state index contributed by atoms with van der Waals surface area (Å²) in [4.78, 5) is 23.0. The van der Waals surface area contributed by atoms with E-state index in [1.54, 1.807) is 12.3 Å². The van der Waals surface area contributed by atoms with Gasteiger partial charge in [-0.2, -0.15) is 13.2 Å². The number of amides is 2. The molecule has 4 rings (SSSR count). The molecule has 0 atom stereocenters. The van der Waals surface area contributed by atoms with E-state index in [0.29, 0.717) is 29.4 Å². The molecule has 0 spiro atoms. The fourth-order valence-corrected chi connectivity index (χ4v) is 4.69. The molecule has 35 heavy (non-hydrogen) atoms. The predicted octanol–water partition coefficient (Wildman–Crippen LogP) is 5.53. The maximum atomic E-state index is 12.7. The molecule has 0 bridgehead atoms. The number of hydrogen-bond donors (Lipinski definition) is 2. The molecular formula is C24H25F3N4O3S. The summed E-state index contributed by atoms with van der Waals surface area (Å²) in [6, 6.07) is 7.49. The number of alkyl halides is 3. The van der Waals surface area contributed by atoms with Gasteiger partial charge in [-0.1, -0.05) is 0 Å². The molecule has 2 amide bonds. The van der Waals surface area contributed by atoms with E-state index in [9.17, 15) is 23.1 Å². The van der Waals surface area contributed by atoms with Gasteiger partial charge in [-0.25, -0.2) is 14.8 Å². The Hall–Kier alpha value is -3.18. The molecular weight excluding hydrogens is 481 g/mol. The van der Waals surface area contributed by atoms with Crippen LogP contribution in [0.3, 0.4) is 0 Å². The standard InChI is InChI=1S/C24H25F3N4O3S/c1-15(2)34-20-8-3-16(13-28-20)19-14-35-21(30-19)23(33)9-11-31(12-10-23)22(32)29-18-6-4-17(5-7-18)24(25,26)27/h3-8,13-15,33H,9-12H2,1-2H3,(H,29,32). The van der Waals surface area contributed by atoms with Crippen molar-refractivity contribution in [3.63, 3.8) is 0 Å². The SMILES string of the molecule is CC(C)Oc1ccc(-c2csc(C3(O)CCN(C(=O)Nc4ccc(C(F)(F)F)cc4)CC3)n2)cn1. The number of carbonyl (C=O) groups is 1. The zero-order valence-corrected chi connectivity index (χ0v) is 20.0. The summed E-state index contributed by atoms with van der Waals surface area (Å²) in [5.74, 6) is 0.528. The predicted molar refractivity (Wildman–Crippen MR) is 126 cm³/mol. The Bertz CT molecular complexity index is 1160. The van der Waals surface area contributed by atoms with Crippen molar-refractivity contribution < 1.29 is 27.8 Å². The topological polar surface area (TPSA) is 87.6 Å². The van der Waals surface area contributed by atoms with E-state index < -0.39 is 23.4 Å². The summed E-state index contributed by atoms with van der Waals surface area (Å²) in [5.41, 5.74) is -0.170. The number of aliphatic hydroxyl groups is 1. The highest BCUT2D eigenvalue weighted by Crippen LogP contribution is 2.37. The minimum atomic E-state index is -4.43. The van der Waals surface area contributed by atoms with Gasteiger partial charge in [-0.05, 0) is 44.2 Å². The molecule has 1 saturated heterocycles. The van der Waals surface area contributed by atoms with E-state index in [1.807, 2.05) is 25.3 Å². The lowest BCUT2D eigenvalue weighted by Crippen LogP contribution is -2.46. The van der Waals surface area contributed by atoms with Crippen LogP contribution in [0.4, 0.5) is 23.7 Å². The number of thiazole rings is 1. The number of piperidine rings is 1. The number of nitrogens with zero attached hydrogens (tertiary/aromatic N) is 3. The van der Waals surface area contributed by atoms with E-state index in [0.717, 1.165) is 17.7 Å². The molecule has 0 radical (unpaired) electrons. The highest BCUT2D eigenvalue weighted by molar-refractivity contribution is 7.10. The van der Waals surface area contributed by atoms with Gasteiger partial charge in [0.2, 0.25) is 5.88 Å². The van der Waals surface area contributed by atoms with Gasteiger partial charge < -0.3 is 20.1 Å². The van der Waals surface area contributed by atoms with E-state index in [2.05, 4.69) is 15.3 Å². The van der Waals surface area contributed by atoms with Crippen LogP contribution in [0.5, 0.6) is 5.88 Å². The molecule has 2 aromatic heterocycles. The van der Waals surface area contributed by atoms with Crippen molar-refractivity contribution in [1.82, 2.24) is 14.9 Å². The Labute approximate surface area is 204 Å². The Kier molecular flexibility index (Phi) is 7.00. The maximum absolute atomic E-state index is 12.7. The number of likely N-dealkylation sites (tertiary alicyclic amines) is 1. The van der Waals surface area contributed by atoms with E-state index in [4.69, 9.17) is 4.74 Å². The normalized spacial score (nSPS) is 15.8. The molecule has 0 unspecified atom stereocenters. The van der Waals surface area contributed by atoms with Crippen molar-refractivity contribution >= 4 is 23.1 Å². The Balaban J connectivity index is 1.35. The lowest BCUT2D eigenvalue weighted by molar-refractivity contribution is -0.137. The van der Waals surface area contributed by atoms with Crippen molar-refractivity contribution in [2.75, 3.05) is 18.4 Å². The van der Waals surface area contributed by atoms with Crippen molar-refractivity contribution in [2.45, 2.75) is 44.6 Å². The third kappa shape index (κ3) is 5.91. The van der Waals surface area contributed by atoms with Crippen molar-refractivity contribution in [2.24, 2.45) is 0 Å². The number of hydrogen-bond acceptors (Lipinski definition) is 6. The van der Waals surface area contributed by atoms with Crippen LogP contribution < -0.4 is 10.1 Å². The maximum Gasteiger partial charge on any atom is 0.416 e. The van der Waals surface area contributed by atoms with Gasteiger partial charge in [0.25, 0.3) is 0 Å². The number of aromatic nitrogens is 2. The quantitative estimate of drug-likeness (QED) is 0.475. The molecule has 0 aliphatic carbocycles. The van der Waals surface area contributed by atoms with Crippen LogP contribution in [0.1, 0.15) is 37.3 Å². The first-order valence-corrected chi connectivity index (χ1v) is 12.0. The van der Waals surface area contributed by atoms with Gasteiger partial charge in [0, 0.05) is 54.8 Å². The lowest BCUT2D eigenvalue weighted by atomic mass is 9.92. The highest BCUT2D eigenvalue weighted by Gasteiger charge is 2.38. The molecule has 3 aromatic rings. The van der Waals surface area contributed by atoms with Gasteiger partial charge in [0.05, 0.1) is 17.4 Å². The highest BCUT2D eigenvalue weighted by atomic mass is 32.1. The summed E-state index contributed by atoms with van der Waals surface area (Å²) < 4.78 is 43.7. The summed E-state index contributed by atoms with van der Waals surface area (Å²) in [7, 11) is 0. The van der Waals surface area contributed by atoms with Crippen LogP contribution in [0.25, 0.3) is 11.3 Å². The minimum absolute atomic E-state index is 0.0244. The molecule has 1 fully saturated rings. The molecule has 11 heteroatoms. The smallest absolute Gasteiger partial charge is 0.416 e. The average Bonchev–Trinajstić information content (AvgIpc) is 3.31. The summed E-state index contributed by atoms with van der Waals surface area (Å²) in [6.45, 7) is 4.40. The van der Waals surface area contributed by atoms with Crippen LogP contribution in [0.15, 0.2) is 48.0 Å².